The predicted octanol–water partition coefficient (Wildman–Crippen LogP) is 3.26. The third-order valence-corrected chi connectivity index (χ3v) is 4.87. The van der Waals surface area contributed by atoms with Gasteiger partial charge < -0.3 is 19.7 Å². The van der Waals surface area contributed by atoms with Gasteiger partial charge in [0.05, 0.1) is 32.2 Å². The van der Waals surface area contributed by atoms with Crippen LogP contribution in [0.5, 0.6) is 5.75 Å². The van der Waals surface area contributed by atoms with Crippen molar-refractivity contribution in [3.63, 3.8) is 0 Å². The average Bonchev–Trinajstić information content (AvgIpc) is 3.09. The molecular weight excluding hydrogens is 405 g/mol. The van der Waals surface area contributed by atoms with E-state index in [4.69, 9.17) is 32.7 Å². The van der Waals surface area contributed by atoms with Gasteiger partial charge in [0, 0.05) is 24.7 Å². The fourth-order valence-electron chi connectivity index (χ4n) is 3.01. The molecule has 1 aliphatic heterocycles. The van der Waals surface area contributed by atoms with Crippen LogP contribution < -0.4 is 10.1 Å². The van der Waals surface area contributed by atoms with Gasteiger partial charge in [-0.05, 0) is 18.2 Å². The van der Waals surface area contributed by atoms with Crippen molar-refractivity contribution in [3.05, 3.63) is 46.2 Å². The Bertz CT molecular complexity index is 1030. The number of methoxy groups -OCH3 is 1. The largest absolute Gasteiger partial charge is 0.495 e. The van der Waals surface area contributed by atoms with E-state index in [0.717, 1.165) is 0 Å². The van der Waals surface area contributed by atoms with E-state index in [1.165, 1.54) is 6.20 Å². The Kier molecular flexibility index (Phi) is 5.25. The number of halogens is 2. The van der Waals surface area contributed by atoms with Crippen LogP contribution in [-0.2, 0) is 4.74 Å². The maximum absolute atomic E-state index is 12.7. The van der Waals surface area contributed by atoms with Crippen LogP contribution in [0.3, 0.4) is 0 Å². The Morgan fingerprint density at radius 1 is 1.25 bits per heavy atom. The number of hydrogen-bond donors (Lipinski definition) is 1. The normalized spacial score (nSPS) is 14.3. The van der Waals surface area contributed by atoms with E-state index in [9.17, 15) is 4.79 Å². The molecule has 0 saturated carbocycles. The molecule has 3 heterocycles. The summed E-state index contributed by atoms with van der Waals surface area (Å²) in [4.78, 5) is 18.6. The topological polar surface area (TPSA) is 81.0 Å². The Balaban J connectivity index is 1.65. The van der Waals surface area contributed by atoms with Gasteiger partial charge in [-0.1, -0.05) is 23.2 Å². The van der Waals surface area contributed by atoms with Crippen molar-refractivity contribution in [1.29, 1.82) is 0 Å². The first kappa shape index (κ1) is 18.8. The zero-order valence-corrected chi connectivity index (χ0v) is 16.5. The molecule has 0 bridgehead atoms. The van der Waals surface area contributed by atoms with Crippen LogP contribution in [0.2, 0.25) is 10.2 Å². The number of carbonyl (C=O) groups excluding carboxylic acids is 1. The van der Waals surface area contributed by atoms with Crippen molar-refractivity contribution >= 4 is 46.3 Å². The maximum Gasteiger partial charge on any atom is 0.254 e. The molecular formula is C18H17Cl2N5O3. The molecule has 1 saturated heterocycles. The van der Waals surface area contributed by atoms with Crippen LogP contribution in [0.15, 0.2) is 30.5 Å². The number of hydrogen-bond acceptors (Lipinski definition) is 6. The second-order valence-corrected chi connectivity index (χ2v) is 6.93. The highest BCUT2D eigenvalue weighted by Gasteiger charge is 2.20. The number of nitrogens with zero attached hydrogens (tertiary/aromatic N) is 4. The Hall–Kier alpha value is -2.55. The van der Waals surface area contributed by atoms with Gasteiger partial charge in [0.2, 0.25) is 0 Å². The number of aromatic nitrogens is 3. The van der Waals surface area contributed by atoms with Crippen LogP contribution in [0, 0.1) is 0 Å². The molecule has 1 amide bonds. The molecule has 4 rings (SSSR count). The zero-order valence-electron chi connectivity index (χ0n) is 15.0. The summed E-state index contributed by atoms with van der Waals surface area (Å²) in [5.41, 5.74) is 1.63. The zero-order chi connectivity index (χ0) is 19.7. The SMILES string of the molecule is COc1cc(C(=O)N2CCOCC2)ccc1Nc1cc(Cl)nc2c(Cl)cnn12. The lowest BCUT2D eigenvalue weighted by Gasteiger charge is -2.27. The molecule has 0 atom stereocenters. The fraction of sp³-hybridized carbons (Fsp3) is 0.278. The molecule has 146 valence electrons. The van der Waals surface area contributed by atoms with Gasteiger partial charge in [-0.25, -0.2) is 4.98 Å². The van der Waals surface area contributed by atoms with Gasteiger partial charge in [0.1, 0.15) is 21.7 Å². The van der Waals surface area contributed by atoms with E-state index in [1.54, 1.807) is 40.8 Å². The molecule has 1 fully saturated rings. The molecule has 1 aliphatic rings. The number of nitrogens with one attached hydrogen (secondary N) is 1. The van der Waals surface area contributed by atoms with E-state index in [1.807, 2.05) is 0 Å². The van der Waals surface area contributed by atoms with Crippen molar-refractivity contribution in [2.45, 2.75) is 0 Å². The van der Waals surface area contributed by atoms with Crippen molar-refractivity contribution in [3.8, 4) is 5.75 Å². The summed E-state index contributed by atoms with van der Waals surface area (Å²) in [6, 6.07) is 6.86. The first-order valence-electron chi connectivity index (χ1n) is 8.58. The third-order valence-electron chi connectivity index (χ3n) is 4.41. The van der Waals surface area contributed by atoms with Gasteiger partial charge in [-0.15, -0.1) is 0 Å². The summed E-state index contributed by atoms with van der Waals surface area (Å²) in [6.07, 6.45) is 1.49. The van der Waals surface area contributed by atoms with Crippen molar-refractivity contribution in [2.75, 3.05) is 38.7 Å². The van der Waals surface area contributed by atoms with Crippen LogP contribution in [0.1, 0.15) is 10.4 Å². The van der Waals surface area contributed by atoms with E-state index >= 15 is 0 Å². The standard InChI is InChI=1S/C18H17Cl2N5O3/c1-27-14-8-11(18(26)24-4-6-28-7-5-24)2-3-13(14)22-16-9-15(20)23-17-12(19)10-21-25(16)17/h2-3,8-10,22H,4-7H2,1H3. The summed E-state index contributed by atoms with van der Waals surface area (Å²) in [6.45, 7) is 2.25. The van der Waals surface area contributed by atoms with Crippen LogP contribution >= 0.6 is 23.2 Å². The monoisotopic (exact) mass is 421 g/mol. The minimum absolute atomic E-state index is 0.0543. The minimum Gasteiger partial charge on any atom is -0.495 e. The summed E-state index contributed by atoms with van der Waals surface area (Å²) >= 11 is 12.2. The molecule has 1 aromatic carbocycles. The molecule has 0 radical (unpaired) electrons. The van der Waals surface area contributed by atoms with E-state index in [-0.39, 0.29) is 11.1 Å². The third kappa shape index (κ3) is 3.58. The van der Waals surface area contributed by atoms with Crippen LogP contribution in [0.25, 0.3) is 5.65 Å². The quantitative estimate of drug-likeness (QED) is 0.651. The Morgan fingerprint density at radius 2 is 2.04 bits per heavy atom. The van der Waals surface area contributed by atoms with Crippen molar-refractivity contribution < 1.29 is 14.3 Å². The highest BCUT2D eigenvalue weighted by atomic mass is 35.5. The summed E-state index contributed by atoms with van der Waals surface area (Å²) in [5, 5.41) is 8.09. The molecule has 2 aromatic heterocycles. The van der Waals surface area contributed by atoms with Crippen molar-refractivity contribution in [1.82, 2.24) is 19.5 Å². The molecule has 0 unspecified atom stereocenters. The number of fused-ring (bicyclic) bond motifs is 1. The van der Waals surface area contributed by atoms with E-state index in [2.05, 4.69) is 15.4 Å². The second-order valence-electron chi connectivity index (χ2n) is 6.14. The second kappa shape index (κ2) is 7.83. The number of carbonyl (C=O) groups is 1. The Morgan fingerprint density at radius 3 is 2.79 bits per heavy atom. The van der Waals surface area contributed by atoms with Crippen LogP contribution in [-0.4, -0.2) is 58.8 Å². The van der Waals surface area contributed by atoms with Gasteiger partial charge in [0.25, 0.3) is 5.91 Å². The first-order valence-corrected chi connectivity index (χ1v) is 9.34. The van der Waals surface area contributed by atoms with Gasteiger partial charge in [-0.3, -0.25) is 4.79 Å². The highest BCUT2D eigenvalue weighted by Crippen LogP contribution is 2.31. The van der Waals surface area contributed by atoms with Gasteiger partial charge in [0.15, 0.2) is 5.65 Å². The Labute approximate surface area is 171 Å². The number of ether oxygens (including phenoxy) is 2. The number of rotatable bonds is 4. The number of amides is 1. The first-order chi connectivity index (χ1) is 13.6. The predicted molar refractivity (Wildman–Crippen MR) is 106 cm³/mol. The molecule has 1 N–H and O–H groups in total. The number of morpholine rings is 1. The summed E-state index contributed by atoms with van der Waals surface area (Å²) < 4.78 is 12.3. The van der Waals surface area contributed by atoms with Crippen LogP contribution in [0.4, 0.5) is 11.5 Å². The highest BCUT2D eigenvalue weighted by molar-refractivity contribution is 6.34. The van der Waals surface area contributed by atoms with E-state index in [0.29, 0.717) is 59.8 Å². The molecule has 28 heavy (non-hydrogen) atoms. The smallest absolute Gasteiger partial charge is 0.254 e. The lowest BCUT2D eigenvalue weighted by atomic mass is 10.1. The average molecular weight is 422 g/mol. The summed E-state index contributed by atoms with van der Waals surface area (Å²) in [5.74, 6) is 1.02. The molecule has 8 nitrogen and oxygen atoms in total. The van der Waals surface area contributed by atoms with E-state index < -0.39 is 0 Å². The molecule has 0 spiro atoms. The maximum atomic E-state index is 12.7. The molecule has 0 aliphatic carbocycles. The fourth-order valence-corrected chi connectivity index (χ4v) is 3.36. The number of anilines is 2. The lowest BCUT2D eigenvalue weighted by Crippen LogP contribution is -2.40. The molecule has 10 heteroatoms. The minimum atomic E-state index is -0.0543. The number of benzene rings is 1. The van der Waals surface area contributed by atoms with Gasteiger partial charge in [-0.2, -0.15) is 9.61 Å². The van der Waals surface area contributed by atoms with Crippen molar-refractivity contribution in [2.24, 2.45) is 0 Å². The summed E-state index contributed by atoms with van der Waals surface area (Å²) in [7, 11) is 1.55. The van der Waals surface area contributed by atoms with Gasteiger partial charge >= 0.3 is 0 Å². The molecule has 3 aromatic rings. The lowest BCUT2D eigenvalue weighted by molar-refractivity contribution is 0.0302.